The van der Waals surface area contributed by atoms with Gasteiger partial charge in [-0.25, -0.2) is 9.80 Å². The topological polar surface area (TPSA) is 92.9 Å². The number of aliphatic hydroxyl groups excluding tert-OH is 1. The molecule has 0 saturated carbocycles. The highest BCUT2D eigenvalue weighted by Gasteiger charge is 2.20. The van der Waals surface area contributed by atoms with Crippen LogP contribution in [0.5, 0.6) is 0 Å². The Balaban J connectivity index is 1.47. The van der Waals surface area contributed by atoms with Crippen LogP contribution in [0.25, 0.3) is 11.1 Å². The molecule has 31 heavy (non-hydrogen) atoms. The van der Waals surface area contributed by atoms with E-state index in [-0.39, 0.29) is 12.3 Å². The number of aliphatic hydroxyl groups is 1. The fourth-order valence-corrected chi connectivity index (χ4v) is 3.20. The molecule has 0 radical (unpaired) electrons. The van der Waals surface area contributed by atoms with Crippen molar-refractivity contribution in [1.82, 2.24) is 5.01 Å². The molecule has 0 aliphatic heterocycles. The number of hydrogen-bond acceptors (Lipinski definition) is 6. The lowest BCUT2D eigenvalue weighted by Crippen LogP contribution is -2.41. The summed E-state index contributed by atoms with van der Waals surface area (Å²) in [5, 5.41) is 12.0. The van der Waals surface area contributed by atoms with Crippen LogP contribution in [-0.4, -0.2) is 41.1 Å². The number of ether oxygens (including phenoxy) is 1. The summed E-state index contributed by atoms with van der Waals surface area (Å²) in [7, 11) is 0. The number of benzene rings is 3. The van der Waals surface area contributed by atoms with Crippen LogP contribution < -0.4 is 5.84 Å². The van der Waals surface area contributed by atoms with Crippen molar-refractivity contribution in [3.63, 3.8) is 0 Å². The molecule has 0 aliphatic carbocycles. The van der Waals surface area contributed by atoms with Gasteiger partial charge >= 0.3 is 5.97 Å². The molecule has 0 saturated heterocycles. The number of carbonyl (C=O) groups excluding carboxylic acids is 2. The van der Waals surface area contributed by atoms with Crippen molar-refractivity contribution in [3.8, 4) is 11.1 Å². The van der Waals surface area contributed by atoms with E-state index in [1.54, 1.807) is 30.3 Å². The van der Waals surface area contributed by atoms with Crippen molar-refractivity contribution in [2.45, 2.75) is 12.6 Å². The summed E-state index contributed by atoms with van der Waals surface area (Å²) in [6.45, 7) is -0.243. The van der Waals surface area contributed by atoms with E-state index >= 15 is 0 Å². The third-order valence-corrected chi connectivity index (χ3v) is 4.85. The average Bonchev–Trinajstić information content (AvgIpc) is 2.78. The van der Waals surface area contributed by atoms with E-state index in [0.29, 0.717) is 17.1 Å². The van der Waals surface area contributed by atoms with Crippen LogP contribution in [0.1, 0.15) is 15.9 Å². The first-order valence-corrected chi connectivity index (χ1v) is 10.1. The van der Waals surface area contributed by atoms with Gasteiger partial charge < -0.3 is 9.84 Å². The lowest BCUT2D eigenvalue weighted by molar-refractivity contribution is -0.153. The molecule has 3 N–H and O–H groups in total. The monoisotopic (exact) mass is 438 g/mol. The van der Waals surface area contributed by atoms with Gasteiger partial charge in [0, 0.05) is 17.1 Å². The van der Waals surface area contributed by atoms with E-state index in [1.165, 1.54) is 5.01 Å². The maximum atomic E-state index is 12.0. The normalized spacial score (nSPS) is 11.9. The first kappa shape index (κ1) is 22.7. The highest BCUT2D eigenvalue weighted by molar-refractivity contribution is 6.30. The second kappa shape index (κ2) is 10.8. The van der Waals surface area contributed by atoms with Crippen LogP contribution >= 0.6 is 11.6 Å². The summed E-state index contributed by atoms with van der Waals surface area (Å²) in [6, 6.07) is 23.8. The molecule has 7 heteroatoms. The molecule has 3 aromatic carbocycles. The highest BCUT2D eigenvalue weighted by Crippen LogP contribution is 2.23. The third kappa shape index (κ3) is 6.73. The Hall–Kier alpha value is -3.03. The molecule has 160 valence electrons. The van der Waals surface area contributed by atoms with Gasteiger partial charge in [0.1, 0.15) is 0 Å². The number of carbonyl (C=O) groups is 2. The lowest BCUT2D eigenvalue weighted by atomic mass is 10.0. The van der Waals surface area contributed by atoms with Crippen molar-refractivity contribution >= 4 is 23.4 Å². The van der Waals surface area contributed by atoms with Gasteiger partial charge in [0.15, 0.2) is 18.5 Å². The molecule has 6 nitrogen and oxygen atoms in total. The minimum Gasteiger partial charge on any atom is -0.455 e. The number of halogens is 1. The summed E-state index contributed by atoms with van der Waals surface area (Å²) in [6.07, 6.45) is -1.46. The van der Waals surface area contributed by atoms with Crippen molar-refractivity contribution in [3.05, 3.63) is 95.0 Å². The number of rotatable bonds is 9. The number of nitrogens with two attached hydrogens (primary N) is 1. The van der Waals surface area contributed by atoms with Crippen LogP contribution in [0.15, 0.2) is 78.9 Å². The largest absolute Gasteiger partial charge is 0.455 e. The van der Waals surface area contributed by atoms with Gasteiger partial charge in [0.2, 0.25) is 0 Å². The van der Waals surface area contributed by atoms with Gasteiger partial charge in [0.25, 0.3) is 0 Å². The number of esters is 1. The van der Waals surface area contributed by atoms with Crippen molar-refractivity contribution < 1.29 is 19.4 Å². The second-order valence-corrected chi connectivity index (χ2v) is 7.49. The van der Waals surface area contributed by atoms with E-state index in [0.717, 1.165) is 16.7 Å². The summed E-state index contributed by atoms with van der Waals surface area (Å²) in [5.74, 6) is 4.71. The minimum atomic E-state index is -1.46. The summed E-state index contributed by atoms with van der Waals surface area (Å²) < 4.78 is 4.91. The van der Waals surface area contributed by atoms with Crippen LogP contribution in [0.2, 0.25) is 5.02 Å². The molecule has 0 spiro atoms. The van der Waals surface area contributed by atoms with Crippen LogP contribution in [-0.2, 0) is 16.1 Å². The van der Waals surface area contributed by atoms with Gasteiger partial charge in [-0.15, -0.1) is 0 Å². The predicted octanol–water partition coefficient (Wildman–Crippen LogP) is 3.47. The number of nitrogens with zero attached hydrogens (tertiary/aromatic N) is 1. The molecular formula is C24H23ClN2O4. The molecule has 3 rings (SSSR count). The van der Waals surface area contributed by atoms with Gasteiger partial charge in [-0.1, -0.05) is 78.3 Å². The average molecular weight is 439 g/mol. The fraction of sp³-hybridized carbons (Fsp3) is 0.167. The van der Waals surface area contributed by atoms with Gasteiger partial charge in [-0.3, -0.25) is 10.6 Å². The number of Topliss-reactive ketones (excluding diaryl/α,β-unsaturated/α-hetero) is 1. The van der Waals surface area contributed by atoms with Crippen LogP contribution in [0, 0.1) is 0 Å². The molecule has 0 bridgehead atoms. The molecular weight excluding hydrogens is 416 g/mol. The van der Waals surface area contributed by atoms with Crippen molar-refractivity contribution in [2.75, 3.05) is 13.2 Å². The SMILES string of the molecule is NN(Cc1ccc(-c2cccc(Cl)c2)cc1)C[C@@H](O)C(=O)OCC(=O)c1ccccc1. The van der Waals surface area contributed by atoms with E-state index in [1.807, 2.05) is 48.5 Å². The third-order valence-electron chi connectivity index (χ3n) is 4.62. The second-order valence-electron chi connectivity index (χ2n) is 7.05. The molecule has 0 aliphatic rings. The Morgan fingerprint density at radius 2 is 1.68 bits per heavy atom. The zero-order chi connectivity index (χ0) is 22.2. The smallest absolute Gasteiger partial charge is 0.336 e. The zero-order valence-electron chi connectivity index (χ0n) is 16.8. The number of hydrazine groups is 1. The standard InChI is InChI=1S/C24H23ClN2O4/c25-21-8-4-7-20(13-21)18-11-9-17(10-12-18)14-27(26)15-22(28)24(30)31-16-23(29)19-5-2-1-3-6-19/h1-13,22,28H,14-16,26H2/t22-/m1/s1. The Kier molecular flexibility index (Phi) is 7.92. The zero-order valence-corrected chi connectivity index (χ0v) is 17.5. The Bertz CT molecular complexity index is 1030. The van der Waals surface area contributed by atoms with Crippen LogP contribution in [0.4, 0.5) is 0 Å². The quantitative estimate of drug-likeness (QED) is 0.230. The first-order chi connectivity index (χ1) is 14.9. The van der Waals surface area contributed by atoms with Crippen LogP contribution in [0.3, 0.4) is 0 Å². The molecule has 0 heterocycles. The summed E-state index contributed by atoms with van der Waals surface area (Å²) in [4.78, 5) is 24.0. The van der Waals surface area contributed by atoms with Crippen molar-refractivity contribution in [1.29, 1.82) is 0 Å². The maximum Gasteiger partial charge on any atom is 0.336 e. The van der Waals surface area contributed by atoms with E-state index in [9.17, 15) is 14.7 Å². The molecule has 1 atom stereocenters. The maximum absolute atomic E-state index is 12.0. The number of hydrogen-bond donors (Lipinski definition) is 2. The van der Waals surface area contributed by atoms with Gasteiger partial charge in [0.05, 0.1) is 6.54 Å². The van der Waals surface area contributed by atoms with Gasteiger partial charge in [-0.05, 0) is 28.8 Å². The molecule has 3 aromatic rings. The molecule has 0 fully saturated rings. The first-order valence-electron chi connectivity index (χ1n) is 9.70. The summed E-state index contributed by atoms with van der Waals surface area (Å²) in [5.41, 5.74) is 3.37. The fourth-order valence-electron chi connectivity index (χ4n) is 3.01. The molecule has 0 amide bonds. The highest BCUT2D eigenvalue weighted by atomic mass is 35.5. The Morgan fingerprint density at radius 1 is 0.968 bits per heavy atom. The lowest BCUT2D eigenvalue weighted by Gasteiger charge is -2.19. The van der Waals surface area contributed by atoms with Crippen molar-refractivity contribution in [2.24, 2.45) is 5.84 Å². The predicted molar refractivity (Wildman–Crippen MR) is 119 cm³/mol. The van der Waals surface area contributed by atoms with E-state index in [2.05, 4.69) is 0 Å². The Morgan fingerprint density at radius 3 is 2.35 bits per heavy atom. The molecule has 0 unspecified atom stereocenters. The van der Waals surface area contributed by atoms with E-state index < -0.39 is 18.7 Å². The van der Waals surface area contributed by atoms with E-state index in [4.69, 9.17) is 22.2 Å². The summed E-state index contributed by atoms with van der Waals surface area (Å²) >= 11 is 6.04. The molecule has 0 aromatic heterocycles. The Labute approximate surface area is 185 Å². The number of ketones is 1. The minimum absolute atomic E-state index is 0.131. The van der Waals surface area contributed by atoms with Gasteiger partial charge in [-0.2, -0.15) is 0 Å².